The van der Waals surface area contributed by atoms with Crippen LogP contribution in [0.15, 0.2) is 44.9 Å². The first-order valence-electron chi connectivity index (χ1n) is 9.09. The van der Waals surface area contributed by atoms with Crippen molar-refractivity contribution in [1.29, 1.82) is 0 Å². The van der Waals surface area contributed by atoms with Crippen molar-refractivity contribution in [2.24, 2.45) is 4.99 Å². The lowest BCUT2D eigenvalue weighted by Crippen LogP contribution is -2.53. The number of sulfonamides is 1. The van der Waals surface area contributed by atoms with Gasteiger partial charge >= 0.3 is 0 Å². The number of nitrogens with zero attached hydrogens (tertiary/aromatic N) is 3. The zero-order chi connectivity index (χ0) is 20.9. The monoisotopic (exact) mass is 443 g/mol. The molecule has 0 atom stereocenters. The molecule has 0 bridgehead atoms. The summed E-state index contributed by atoms with van der Waals surface area (Å²) in [5.41, 5.74) is 0.260. The molecule has 0 spiro atoms. The van der Waals surface area contributed by atoms with Gasteiger partial charge in [0.05, 0.1) is 5.69 Å². The Bertz CT molecular complexity index is 943. The summed E-state index contributed by atoms with van der Waals surface area (Å²) in [5, 5.41) is 4.84. The van der Waals surface area contributed by atoms with E-state index < -0.39 is 21.7 Å². The predicted molar refractivity (Wildman–Crippen MR) is 111 cm³/mol. The van der Waals surface area contributed by atoms with Gasteiger partial charge in [-0.2, -0.15) is 0 Å². The summed E-state index contributed by atoms with van der Waals surface area (Å²) in [6.07, 6.45) is 0. The largest absolute Gasteiger partial charge is 0.366 e. The predicted octanol–water partition coefficient (Wildman–Crippen LogP) is 1.70. The molecule has 7 nitrogen and oxygen atoms in total. The number of nitrogens with one attached hydrogen (secondary N) is 2. The molecule has 1 aromatic carbocycles. The molecule has 2 aromatic rings. The van der Waals surface area contributed by atoms with E-state index in [0.29, 0.717) is 38.7 Å². The molecule has 2 heterocycles. The lowest BCUT2D eigenvalue weighted by molar-refractivity contribution is 0.371. The molecule has 158 valence electrons. The van der Waals surface area contributed by atoms with Crippen LogP contribution in [-0.2, 0) is 10.0 Å². The van der Waals surface area contributed by atoms with Gasteiger partial charge in [-0.25, -0.2) is 21.9 Å². The molecule has 0 saturated carbocycles. The van der Waals surface area contributed by atoms with E-state index in [2.05, 4.69) is 15.0 Å². The maximum absolute atomic E-state index is 14.0. The lowest BCUT2D eigenvalue weighted by atomic mass is 10.2. The van der Waals surface area contributed by atoms with Crippen LogP contribution in [0.5, 0.6) is 0 Å². The summed E-state index contributed by atoms with van der Waals surface area (Å²) in [6, 6.07) is 6.69. The number of halogens is 2. The van der Waals surface area contributed by atoms with Gasteiger partial charge in [-0.3, -0.25) is 4.99 Å². The van der Waals surface area contributed by atoms with E-state index in [1.165, 1.54) is 6.07 Å². The van der Waals surface area contributed by atoms with Crippen molar-refractivity contribution in [3.63, 3.8) is 0 Å². The molecule has 11 heteroatoms. The third-order valence-corrected chi connectivity index (χ3v) is 7.36. The summed E-state index contributed by atoms with van der Waals surface area (Å²) < 4.78 is 54.4. The highest BCUT2D eigenvalue weighted by Crippen LogP contribution is 2.22. The highest BCUT2D eigenvalue weighted by molar-refractivity contribution is 7.91. The van der Waals surface area contributed by atoms with E-state index in [9.17, 15) is 17.2 Å². The maximum Gasteiger partial charge on any atom is 0.250 e. The summed E-state index contributed by atoms with van der Waals surface area (Å²) >= 11 is 1.16. The minimum atomic E-state index is -3.49. The van der Waals surface area contributed by atoms with Gasteiger partial charge in [-0.15, -0.1) is 11.3 Å². The van der Waals surface area contributed by atoms with Crippen molar-refractivity contribution in [1.82, 2.24) is 14.9 Å². The Kier molecular flexibility index (Phi) is 7.04. The van der Waals surface area contributed by atoms with Crippen molar-refractivity contribution in [3.05, 3.63) is 47.3 Å². The molecule has 3 rings (SSSR count). The number of benzene rings is 1. The second-order valence-electron chi connectivity index (χ2n) is 6.37. The zero-order valence-corrected chi connectivity index (χ0v) is 17.6. The fourth-order valence-corrected chi connectivity index (χ4v) is 5.14. The first-order valence-corrected chi connectivity index (χ1v) is 11.5. The normalized spacial score (nSPS) is 15.6. The standard InChI is InChI=1S/C18H23F2N5O2S2/c1-21-18(22-6-7-23-29(26,27)17-3-2-12-28-17)25-10-8-24(9-11-25)16-13-14(19)4-5-15(16)20/h2-5,12-13,23H,6-11H2,1H3,(H,21,22). The summed E-state index contributed by atoms with van der Waals surface area (Å²) in [7, 11) is -1.84. The van der Waals surface area contributed by atoms with Gasteiger partial charge in [0.25, 0.3) is 0 Å². The Morgan fingerprint density at radius 1 is 1.17 bits per heavy atom. The topological polar surface area (TPSA) is 77.0 Å². The Morgan fingerprint density at radius 2 is 1.93 bits per heavy atom. The van der Waals surface area contributed by atoms with Gasteiger partial charge in [0.15, 0.2) is 5.96 Å². The van der Waals surface area contributed by atoms with E-state index in [1.54, 1.807) is 29.5 Å². The second-order valence-corrected chi connectivity index (χ2v) is 9.32. The van der Waals surface area contributed by atoms with E-state index in [0.717, 1.165) is 23.5 Å². The van der Waals surface area contributed by atoms with Crippen LogP contribution in [0.4, 0.5) is 14.5 Å². The van der Waals surface area contributed by atoms with E-state index >= 15 is 0 Å². The molecule has 0 amide bonds. The van der Waals surface area contributed by atoms with Gasteiger partial charge in [-0.05, 0) is 23.6 Å². The van der Waals surface area contributed by atoms with Crippen LogP contribution in [-0.4, -0.2) is 65.6 Å². The molecule has 1 fully saturated rings. The first kappa shape index (κ1) is 21.5. The minimum absolute atomic E-state index is 0.216. The molecule has 0 radical (unpaired) electrons. The second kappa shape index (κ2) is 9.51. The highest BCUT2D eigenvalue weighted by atomic mass is 32.2. The molecule has 1 saturated heterocycles. The first-order chi connectivity index (χ1) is 13.9. The number of thiophene rings is 1. The molecule has 29 heavy (non-hydrogen) atoms. The Morgan fingerprint density at radius 3 is 2.59 bits per heavy atom. The number of anilines is 1. The highest BCUT2D eigenvalue weighted by Gasteiger charge is 2.22. The fraction of sp³-hybridized carbons (Fsp3) is 0.389. The van der Waals surface area contributed by atoms with E-state index in [4.69, 9.17) is 0 Å². The molecule has 1 aliphatic rings. The van der Waals surface area contributed by atoms with Crippen LogP contribution in [0.2, 0.25) is 0 Å². The average Bonchev–Trinajstić information content (AvgIpc) is 3.26. The molecule has 1 aliphatic heterocycles. The van der Waals surface area contributed by atoms with Crippen molar-refractivity contribution in [2.75, 3.05) is 51.2 Å². The smallest absolute Gasteiger partial charge is 0.250 e. The molecule has 0 aliphatic carbocycles. The number of piperazine rings is 1. The van der Waals surface area contributed by atoms with Gasteiger partial charge in [0.1, 0.15) is 15.8 Å². The van der Waals surface area contributed by atoms with E-state index in [-0.39, 0.29) is 16.4 Å². The van der Waals surface area contributed by atoms with E-state index in [1.807, 2.05) is 4.90 Å². The third-order valence-electron chi connectivity index (χ3n) is 4.50. The molecule has 0 unspecified atom stereocenters. The van der Waals surface area contributed by atoms with Gasteiger partial charge in [-0.1, -0.05) is 6.07 Å². The van der Waals surface area contributed by atoms with Crippen LogP contribution < -0.4 is 14.9 Å². The quantitative estimate of drug-likeness (QED) is 0.404. The molecular weight excluding hydrogens is 420 g/mol. The van der Waals surface area contributed by atoms with Crippen LogP contribution in [0.1, 0.15) is 0 Å². The van der Waals surface area contributed by atoms with Crippen molar-refractivity contribution in [3.8, 4) is 0 Å². The lowest BCUT2D eigenvalue weighted by Gasteiger charge is -2.37. The SMILES string of the molecule is CN=C(NCCNS(=O)(=O)c1cccs1)N1CCN(c2cc(F)ccc2F)CC1. The number of guanidine groups is 1. The van der Waals surface area contributed by atoms with Crippen molar-refractivity contribution in [2.45, 2.75) is 4.21 Å². The maximum atomic E-state index is 14.0. The minimum Gasteiger partial charge on any atom is -0.366 e. The van der Waals surface area contributed by atoms with Crippen LogP contribution in [0.25, 0.3) is 0 Å². The average molecular weight is 444 g/mol. The van der Waals surface area contributed by atoms with Gasteiger partial charge in [0, 0.05) is 52.4 Å². The Balaban J connectivity index is 1.47. The number of rotatable bonds is 6. The number of aliphatic imine (C=N–C) groups is 1. The molecular formula is C18H23F2N5O2S2. The summed E-state index contributed by atoms with van der Waals surface area (Å²) in [5.74, 6) is -0.272. The molecule has 2 N–H and O–H groups in total. The zero-order valence-electron chi connectivity index (χ0n) is 15.9. The van der Waals surface area contributed by atoms with Crippen LogP contribution in [0.3, 0.4) is 0 Å². The van der Waals surface area contributed by atoms with Crippen molar-refractivity contribution < 1.29 is 17.2 Å². The Labute approximate surface area is 173 Å². The number of hydrogen-bond donors (Lipinski definition) is 2. The summed E-state index contributed by atoms with van der Waals surface area (Å²) in [6.45, 7) is 2.79. The number of hydrogen-bond acceptors (Lipinski definition) is 5. The third kappa shape index (κ3) is 5.43. The van der Waals surface area contributed by atoms with Crippen LogP contribution >= 0.6 is 11.3 Å². The Hall–Kier alpha value is -2.24. The summed E-state index contributed by atoms with van der Waals surface area (Å²) in [4.78, 5) is 8.03. The van der Waals surface area contributed by atoms with Crippen molar-refractivity contribution >= 4 is 33.0 Å². The molecule has 1 aromatic heterocycles. The fourth-order valence-electron chi connectivity index (χ4n) is 3.07. The van der Waals surface area contributed by atoms with Gasteiger partial charge in [0.2, 0.25) is 10.0 Å². The van der Waals surface area contributed by atoms with Gasteiger partial charge < -0.3 is 15.1 Å². The van der Waals surface area contributed by atoms with Crippen LogP contribution in [0, 0.1) is 11.6 Å².